The summed E-state index contributed by atoms with van der Waals surface area (Å²) < 4.78 is 6.55. The van der Waals surface area contributed by atoms with Crippen molar-refractivity contribution in [2.75, 3.05) is 13.7 Å². The molecule has 0 saturated heterocycles. The number of aromatic nitrogens is 3. The third-order valence-electron chi connectivity index (χ3n) is 2.39. The van der Waals surface area contributed by atoms with Gasteiger partial charge in [-0.05, 0) is 13.8 Å². The minimum Gasteiger partial charge on any atom is -0.469 e. The summed E-state index contributed by atoms with van der Waals surface area (Å²) in [6.45, 7) is 4.79. The molecule has 6 nitrogen and oxygen atoms in total. The van der Waals surface area contributed by atoms with Crippen molar-refractivity contribution in [3.8, 4) is 0 Å². The molecule has 0 fully saturated rings. The van der Waals surface area contributed by atoms with Crippen LogP contribution >= 0.6 is 0 Å². The van der Waals surface area contributed by atoms with Gasteiger partial charge in [0.15, 0.2) is 0 Å². The number of esters is 1. The molecule has 0 spiro atoms. The van der Waals surface area contributed by atoms with E-state index < -0.39 is 5.41 Å². The zero-order chi connectivity index (χ0) is 12.2. The molecule has 0 unspecified atom stereocenters. The van der Waals surface area contributed by atoms with E-state index in [2.05, 4.69) is 15.5 Å². The van der Waals surface area contributed by atoms with E-state index in [4.69, 9.17) is 4.74 Å². The second kappa shape index (κ2) is 5.07. The van der Waals surface area contributed by atoms with Crippen LogP contribution in [0.5, 0.6) is 0 Å². The molecule has 0 radical (unpaired) electrons. The average Bonchev–Trinajstić information content (AvgIpc) is 2.63. The lowest BCUT2D eigenvalue weighted by atomic mass is 9.94. The second-order valence-electron chi connectivity index (χ2n) is 4.34. The van der Waals surface area contributed by atoms with Crippen molar-refractivity contribution in [2.45, 2.75) is 20.4 Å². The van der Waals surface area contributed by atoms with Crippen molar-refractivity contribution in [1.29, 1.82) is 0 Å². The fourth-order valence-corrected chi connectivity index (χ4v) is 1.30. The molecule has 0 aliphatic rings. The topological polar surface area (TPSA) is 69.0 Å². The molecule has 90 valence electrons. The van der Waals surface area contributed by atoms with Crippen molar-refractivity contribution in [3.05, 3.63) is 12.2 Å². The Labute approximate surface area is 95.0 Å². The maximum atomic E-state index is 11.4. The van der Waals surface area contributed by atoms with Gasteiger partial charge in [0.05, 0.1) is 19.1 Å². The quantitative estimate of drug-likeness (QED) is 0.721. The Hall–Kier alpha value is -1.43. The van der Waals surface area contributed by atoms with Crippen LogP contribution in [0.3, 0.4) is 0 Å². The molecular formula is C10H18N4O2. The third kappa shape index (κ3) is 3.03. The Morgan fingerprint density at radius 2 is 2.31 bits per heavy atom. The van der Waals surface area contributed by atoms with Crippen LogP contribution in [-0.2, 0) is 23.1 Å². The summed E-state index contributed by atoms with van der Waals surface area (Å²) in [5, 5.41) is 10.9. The van der Waals surface area contributed by atoms with Crippen LogP contribution in [0.15, 0.2) is 6.33 Å². The van der Waals surface area contributed by atoms with Gasteiger partial charge in [-0.3, -0.25) is 4.79 Å². The zero-order valence-electron chi connectivity index (χ0n) is 10.1. The van der Waals surface area contributed by atoms with Crippen LogP contribution in [-0.4, -0.2) is 34.4 Å². The van der Waals surface area contributed by atoms with Crippen LogP contribution in [0.25, 0.3) is 0 Å². The number of methoxy groups -OCH3 is 1. The normalized spacial score (nSPS) is 11.5. The van der Waals surface area contributed by atoms with Gasteiger partial charge in [0.1, 0.15) is 12.2 Å². The molecule has 0 aromatic carbocycles. The van der Waals surface area contributed by atoms with E-state index in [1.165, 1.54) is 7.11 Å². The molecule has 1 heterocycles. The van der Waals surface area contributed by atoms with Crippen molar-refractivity contribution < 1.29 is 9.53 Å². The van der Waals surface area contributed by atoms with Crippen LogP contribution < -0.4 is 5.32 Å². The molecule has 1 aromatic rings. The SMILES string of the molecule is COC(=O)C(C)(C)CNCc1nncn1C. The Bertz CT molecular complexity index is 359. The number of aryl methyl sites for hydroxylation is 1. The number of rotatable bonds is 5. The van der Waals surface area contributed by atoms with Crippen LogP contribution in [0.1, 0.15) is 19.7 Å². The number of nitrogens with zero attached hydrogens (tertiary/aromatic N) is 3. The predicted octanol–water partition coefficient (Wildman–Crippen LogP) is 0.104. The van der Waals surface area contributed by atoms with Crippen LogP contribution in [0, 0.1) is 5.41 Å². The van der Waals surface area contributed by atoms with Gasteiger partial charge in [-0.2, -0.15) is 0 Å². The Kier molecular flexibility index (Phi) is 4.00. The summed E-state index contributed by atoms with van der Waals surface area (Å²) in [5.74, 6) is 0.610. The maximum absolute atomic E-state index is 11.4. The van der Waals surface area contributed by atoms with Gasteiger partial charge in [-0.1, -0.05) is 0 Å². The average molecular weight is 226 g/mol. The van der Waals surface area contributed by atoms with E-state index in [1.54, 1.807) is 6.33 Å². The monoisotopic (exact) mass is 226 g/mol. The van der Waals surface area contributed by atoms with Gasteiger partial charge in [-0.25, -0.2) is 0 Å². The van der Waals surface area contributed by atoms with Crippen molar-refractivity contribution in [2.24, 2.45) is 12.5 Å². The molecule has 0 amide bonds. The standard InChI is InChI=1S/C10H18N4O2/c1-10(2,9(15)16-4)6-11-5-8-13-12-7-14(8)3/h7,11H,5-6H2,1-4H3. The molecule has 16 heavy (non-hydrogen) atoms. The highest BCUT2D eigenvalue weighted by molar-refractivity contribution is 5.76. The van der Waals surface area contributed by atoms with E-state index >= 15 is 0 Å². The van der Waals surface area contributed by atoms with E-state index in [1.807, 2.05) is 25.5 Å². The Morgan fingerprint density at radius 3 is 2.81 bits per heavy atom. The largest absolute Gasteiger partial charge is 0.469 e. The van der Waals surface area contributed by atoms with Gasteiger partial charge in [0.2, 0.25) is 0 Å². The van der Waals surface area contributed by atoms with Gasteiger partial charge >= 0.3 is 5.97 Å². The van der Waals surface area contributed by atoms with Gasteiger partial charge in [-0.15, -0.1) is 10.2 Å². The molecule has 1 N–H and O–H groups in total. The first-order chi connectivity index (χ1) is 7.47. The number of hydrogen-bond donors (Lipinski definition) is 1. The van der Waals surface area contributed by atoms with Crippen molar-refractivity contribution in [1.82, 2.24) is 20.1 Å². The molecular weight excluding hydrogens is 208 g/mol. The number of carbonyl (C=O) groups is 1. The molecule has 6 heteroatoms. The number of carbonyl (C=O) groups excluding carboxylic acids is 1. The fourth-order valence-electron chi connectivity index (χ4n) is 1.30. The lowest BCUT2D eigenvalue weighted by molar-refractivity contribution is -0.150. The van der Waals surface area contributed by atoms with Gasteiger partial charge in [0, 0.05) is 13.6 Å². The minimum absolute atomic E-state index is 0.224. The smallest absolute Gasteiger partial charge is 0.312 e. The van der Waals surface area contributed by atoms with E-state index in [9.17, 15) is 4.79 Å². The molecule has 0 bridgehead atoms. The highest BCUT2D eigenvalue weighted by Crippen LogP contribution is 2.15. The van der Waals surface area contributed by atoms with Crippen molar-refractivity contribution >= 4 is 5.97 Å². The van der Waals surface area contributed by atoms with E-state index in [0.29, 0.717) is 13.1 Å². The molecule has 0 saturated carbocycles. The fraction of sp³-hybridized carbons (Fsp3) is 0.700. The number of ether oxygens (including phenoxy) is 1. The highest BCUT2D eigenvalue weighted by atomic mass is 16.5. The Morgan fingerprint density at radius 1 is 1.62 bits per heavy atom. The lowest BCUT2D eigenvalue weighted by Crippen LogP contribution is -2.37. The second-order valence-corrected chi connectivity index (χ2v) is 4.34. The summed E-state index contributed by atoms with van der Waals surface area (Å²) >= 11 is 0. The Balaban J connectivity index is 2.41. The summed E-state index contributed by atoms with van der Waals surface area (Å²) in [6, 6.07) is 0. The minimum atomic E-state index is -0.534. The highest BCUT2D eigenvalue weighted by Gasteiger charge is 2.28. The van der Waals surface area contributed by atoms with Gasteiger partial charge < -0.3 is 14.6 Å². The predicted molar refractivity (Wildman–Crippen MR) is 58.5 cm³/mol. The van der Waals surface area contributed by atoms with E-state index in [-0.39, 0.29) is 5.97 Å². The third-order valence-corrected chi connectivity index (χ3v) is 2.39. The lowest BCUT2D eigenvalue weighted by Gasteiger charge is -2.21. The van der Waals surface area contributed by atoms with Crippen LogP contribution in [0.4, 0.5) is 0 Å². The summed E-state index contributed by atoms with van der Waals surface area (Å²) in [4.78, 5) is 11.4. The molecule has 0 atom stereocenters. The number of hydrogen-bond acceptors (Lipinski definition) is 5. The molecule has 0 aliphatic heterocycles. The first-order valence-corrected chi connectivity index (χ1v) is 5.09. The molecule has 0 aliphatic carbocycles. The summed E-state index contributed by atoms with van der Waals surface area (Å²) in [6.07, 6.45) is 1.64. The van der Waals surface area contributed by atoms with Crippen molar-refractivity contribution in [3.63, 3.8) is 0 Å². The molecule has 1 rings (SSSR count). The summed E-state index contributed by atoms with van der Waals surface area (Å²) in [5.41, 5.74) is -0.534. The first kappa shape index (κ1) is 12.6. The maximum Gasteiger partial charge on any atom is 0.312 e. The summed E-state index contributed by atoms with van der Waals surface area (Å²) in [7, 11) is 3.27. The first-order valence-electron chi connectivity index (χ1n) is 5.09. The molecule has 1 aromatic heterocycles. The van der Waals surface area contributed by atoms with Crippen LogP contribution in [0.2, 0.25) is 0 Å². The zero-order valence-corrected chi connectivity index (χ0v) is 10.1. The number of nitrogens with one attached hydrogen (secondary N) is 1. The van der Waals surface area contributed by atoms with Gasteiger partial charge in [0.25, 0.3) is 0 Å². The van der Waals surface area contributed by atoms with E-state index in [0.717, 1.165) is 5.82 Å².